The second-order valence-electron chi connectivity index (χ2n) is 6.72. The molecule has 5 nitrogen and oxygen atoms in total. The quantitative estimate of drug-likeness (QED) is 0.852. The molecule has 1 fully saturated rings. The van der Waals surface area contributed by atoms with Gasteiger partial charge in [-0.05, 0) is 31.5 Å². The van der Waals surface area contributed by atoms with Crippen LogP contribution in [0.1, 0.15) is 37.7 Å². The Hall–Kier alpha value is -1.85. The van der Waals surface area contributed by atoms with E-state index in [-0.39, 0.29) is 5.91 Å². The molecule has 1 saturated carbocycles. The number of benzene rings is 1. The highest BCUT2D eigenvalue weighted by molar-refractivity contribution is 6.31. The van der Waals surface area contributed by atoms with Gasteiger partial charge in [-0.25, -0.2) is 4.68 Å². The first kappa shape index (κ1) is 18.0. The maximum Gasteiger partial charge on any atom is 0.239 e. The van der Waals surface area contributed by atoms with Crippen molar-refractivity contribution in [2.24, 2.45) is 0 Å². The van der Waals surface area contributed by atoms with E-state index < -0.39 is 0 Å². The molecule has 1 N–H and O–H groups in total. The van der Waals surface area contributed by atoms with Crippen LogP contribution in [0.25, 0.3) is 0 Å². The van der Waals surface area contributed by atoms with Crippen LogP contribution in [0, 0.1) is 0 Å². The number of hydrogen-bond acceptors (Lipinski definition) is 3. The predicted octanol–water partition coefficient (Wildman–Crippen LogP) is 3.79. The molecule has 1 heterocycles. The van der Waals surface area contributed by atoms with Crippen LogP contribution < -0.4 is 5.32 Å². The number of rotatable bonds is 6. The Kier molecular flexibility index (Phi) is 6.10. The highest BCUT2D eigenvalue weighted by atomic mass is 35.5. The van der Waals surface area contributed by atoms with Gasteiger partial charge in [-0.2, -0.15) is 5.10 Å². The van der Waals surface area contributed by atoms with Gasteiger partial charge >= 0.3 is 0 Å². The Morgan fingerprint density at radius 2 is 2.04 bits per heavy atom. The third-order valence-corrected chi connectivity index (χ3v) is 5.22. The third-order valence-electron chi connectivity index (χ3n) is 4.85. The maximum atomic E-state index is 12.4. The minimum Gasteiger partial charge on any atom is -0.310 e. The van der Waals surface area contributed by atoms with Gasteiger partial charge in [0.2, 0.25) is 5.91 Å². The number of hydrogen-bond donors (Lipinski definition) is 1. The first-order chi connectivity index (χ1) is 12.1. The molecule has 1 aliphatic carbocycles. The number of nitrogens with zero attached hydrogens (tertiary/aromatic N) is 3. The Bertz CT molecular complexity index is 709. The van der Waals surface area contributed by atoms with Crippen LogP contribution in [-0.2, 0) is 11.3 Å². The van der Waals surface area contributed by atoms with Crippen LogP contribution >= 0.6 is 11.6 Å². The van der Waals surface area contributed by atoms with Gasteiger partial charge in [-0.1, -0.05) is 49.1 Å². The number of nitrogens with one attached hydrogen (secondary N) is 1. The van der Waals surface area contributed by atoms with Crippen molar-refractivity contribution in [1.82, 2.24) is 14.7 Å². The van der Waals surface area contributed by atoms with Crippen molar-refractivity contribution in [1.29, 1.82) is 0 Å². The molecule has 2 aromatic rings. The SMILES string of the molecule is CN(CC(=O)Nc1ccnn1Cc1ccccc1Cl)C1CCCCC1. The summed E-state index contributed by atoms with van der Waals surface area (Å²) in [4.78, 5) is 14.6. The number of halogens is 1. The average Bonchev–Trinajstić information content (AvgIpc) is 3.04. The molecular formula is C19H25ClN4O. The molecule has 0 spiro atoms. The number of anilines is 1. The van der Waals surface area contributed by atoms with Gasteiger partial charge in [-0.15, -0.1) is 0 Å². The lowest BCUT2D eigenvalue weighted by Crippen LogP contribution is -2.39. The van der Waals surface area contributed by atoms with Gasteiger partial charge in [-0.3, -0.25) is 9.69 Å². The molecule has 0 aliphatic heterocycles. The predicted molar refractivity (Wildman–Crippen MR) is 101 cm³/mol. The third kappa shape index (κ3) is 4.83. The standard InChI is InChI=1S/C19H25ClN4O/c1-23(16-8-3-2-4-9-16)14-19(25)22-18-11-12-21-24(18)13-15-7-5-6-10-17(15)20/h5-7,10-12,16H,2-4,8-9,13-14H2,1H3,(H,22,25). The van der Waals surface area contributed by atoms with E-state index in [1.54, 1.807) is 10.9 Å². The zero-order valence-corrected chi connectivity index (χ0v) is 15.4. The highest BCUT2D eigenvalue weighted by Crippen LogP contribution is 2.22. The Balaban J connectivity index is 1.59. The molecule has 0 radical (unpaired) electrons. The fourth-order valence-electron chi connectivity index (χ4n) is 3.41. The second-order valence-corrected chi connectivity index (χ2v) is 7.13. The van der Waals surface area contributed by atoms with Gasteiger partial charge in [0.05, 0.1) is 19.3 Å². The zero-order chi connectivity index (χ0) is 17.6. The van der Waals surface area contributed by atoms with E-state index in [1.807, 2.05) is 37.4 Å². The Morgan fingerprint density at radius 3 is 2.80 bits per heavy atom. The number of aromatic nitrogens is 2. The lowest BCUT2D eigenvalue weighted by Gasteiger charge is -2.30. The first-order valence-electron chi connectivity index (χ1n) is 8.89. The molecule has 0 atom stereocenters. The van der Waals surface area contributed by atoms with E-state index in [2.05, 4.69) is 15.3 Å². The molecule has 1 aromatic carbocycles. The second kappa shape index (κ2) is 8.50. The number of carbonyl (C=O) groups excluding carboxylic acids is 1. The number of amides is 1. The zero-order valence-electron chi connectivity index (χ0n) is 14.6. The molecule has 3 rings (SSSR count). The highest BCUT2D eigenvalue weighted by Gasteiger charge is 2.20. The van der Waals surface area contributed by atoms with Gasteiger partial charge in [0.15, 0.2) is 0 Å². The fraction of sp³-hybridized carbons (Fsp3) is 0.474. The van der Waals surface area contributed by atoms with Crippen molar-refractivity contribution in [2.75, 3.05) is 18.9 Å². The summed E-state index contributed by atoms with van der Waals surface area (Å²) in [6.45, 7) is 0.933. The minimum absolute atomic E-state index is 0.00557. The van der Waals surface area contributed by atoms with Crippen LogP contribution in [0.15, 0.2) is 36.5 Å². The molecular weight excluding hydrogens is 336 g/mol. The lowest BCUT2D eigenvalue weighted by atomic mass is 9.94. The largest absolute Gasteiger partial charge is 0.310 e. The van der Waals surface area contributed by atoms with Crippen molar-refractivity contribution in [3.8, 4) is 0 Å². The summed E-state index contributed by atoms with van der Waals surface area (Å²) in [6, 6.07) is 10.0. The number of likely N-dealkylation sites (N-methyl/N-ethyl adjacent to an activating group) is 1. The van der Waals surface area contributed by atoms with Crippen LogP contribution in [0.5, 0.6) is 0 Å². The minimum atomic E-state index is -0.00557. The summed E-state index contributed by atoms with van der Waals surface area (Å²) in [5, 5.41) is 7.98. The van der Waals surface area contributed by atoms with Gasteiger partial charge in [0.1, 0.15) is 5.82 Å². The normalized spacial score (nSPS) is 15.5. The smallest absolute Gasteiger partial charge is 0.239 e. The monoisotopic (exact) mass is 360 g/mol. The molecule has 1 amide bonds. The summed E-state index contributed by atoms with van der Waals surface area (Å²) >= 11 is 6.22. The summed E-state index contributed by atoms with van der Waals surface area (Å²) in [5.41, 5.74) is 0.975. The molecule has 25 heavy (non-hydrogen) atoms. The van der Waals surface area contributed by atoms with Gasteiger partial charge < -0.3 is 5.32 Å². The van der Waals surface area contributed by atoms with Crippen LogP contribution in [-0.4, -0.2) is 40.2 Å². The molecule has 1 aliphatic rings. The molecule has 0 saturated heterocycles. The van der Waals surface area contributed by atoms with Gasteiger partial charge in [0.25, 0.3) is 0 Å². The first-order valence-corrected chi connectivity index (χ1v) is 9.26. The van der Waals surface area contributed by atoms with E-state index >= 15 is 0 Å². The van der Waals surface area contributed by atoms with Crippen molar-refractivity contribution in [3.05, 3.63) is 47.1 Å². The van der Waals surface area contributed by atoms with E-state index in [1.165, 1.54) is 32.1 Å². The Morgan fingerprint density at radius 1 is 1.28 bits per heavy atom. The van der Waals surface area contributed by atoms with E-state index in [0.717, 1.165) is 5.56 Å². The van der Waals surface area contributed by atoms with Crippen LogP contribution in [0.3, 0.4) is 0 Å². The molecule has 0 bridgehead atoms. The van der Waals surface area contributed by atoms with Crippen molar-refractivity contribution in [3.63, 3.8) is 0 Å². The maximum absolute atomic E-state index is 12.4. The van der Waals surface area contributed by atoms with Crippen LogP contribution in [0.2, 0.25) is 5.02 Å². The summed E-state index contributed by atoms with van der Waals surface area (Å²) in [6.07, 6.45) is 7.92. The number of carbonyl (C=O) groups is 1. The molecule has 1 aromatic heterocycles. The average molecular weight is 361 g/mol. The fourth-order valence-corrected chi connectivity index (χ4v) is 3.61. The summed E-state index contributed by atoms with van der Waals surface area (Å²) in [5.74, 6) is 0.691. The molecule has 0 unspecified atom stereocenters. The summed E-state index contributed by atoms with van der Waals surface area (Å²) < 4.78 is 1.76. The summed E-state index contributed by atoms with van der Waals surface area (Å²) in [7, 11) is 2.04. The molecule has 134 valence electrons. The topological polar surface area (TPSA) is 50.2 Å². The van der Waals surface area contributed by atoms with Gasteiger partial charge in [0, 0.05) is 17.1 Å². The van der Waals surface area contributed by atoms with Crippen molar-refractivity contribution in [2.45, 2.75) is 44.7 Å². The van der Waals surface area contributed by atoms with Crippen molar-refractivity contribution >= 4 is 23.3 Å². The Labute approximate surface area is 154 Å². The van der Waals surface area contributed by atoms with E-state index in [0.29, 0.717) is 30.0 Å². The van der Waals surface area contributed by atoms with Crippen molar-refractivity contribution < 1.29 is 4.79 Å². The van der Waals surface area contributed by atoms with Crippen LogP contribution in [0.4, 0.5) is 5.82 Å². The molecule has 6 heteroatoms. The lowest BCUT2D eigenvalue weighted by molar-refractivity contribution is -0.117. The van der Waals surface area contributed by atoms with E-state index in [4.69, 9.17) is 11.6 Å². The van der Waals surface area contributed by atoms with E-state index in [9.17, 15) is 4.79 Å².